The average Bonchev–Trinajstić information content (AvgIpc) is 3.00. The fraction of sp³-hybridized carbons (Fsp3) is 0.353. The van der Waals surface area contributed by atoms with E-state index in [0.29, 0.717) is 0 Å². The van der Waals surface area contributed by atoms with Crippen molar-refractivity contribution in [3.05, 3.63) is 53.7 Å². The number of rotatable bonds is 6. The van der Waals surface area contributed by atoms with E-state index in [9.17, 15) is 33.0 Å². The van der Waals surface area contributed by atoms with E-state index in [1.165, 1.54) is 0 Å². The van der Waals surface area contributed by atoms with Gasteiger partial charge in [-0.2, -0.15) is 13.8 Å². The standard InChI is InChI=1S/C17H17F7N2O3S/c1-10(14(27)28-16(2,3)4)9-13-25-15(26-29-13)17(18,19)11-5-7-12(8-6-11)30(20,21,22,23)24/h5-8H,1,9H2,2-4H3. The fourth-order valence-corrected chi connectivity index (χ4v) is 2.76. The van der Waals surface area contributed by atoms with E-state index < -0.39 is 56.3 Å². The summed E-state index contributed by atoms with van der Waals surface area (Å²) in [6, 6.07) is 0.109. The number of esters is 1. The summed E-state index contributed by atoms with van der Waals surface area (Å²) < 4.78 is 102. The third-order valence-corrected chi connectivity index (χ3v) is 4.63. The summed E-state index contributed by atoms with van der Waals surface area (Å²) >= 11 is 0. The first-order valence-corrected chi connectivity index (χ1v) is 10.1. The lowest BCUT2D eigenvalue weighted by Crippen LogP contribution is -2.25. The Morgan fingerprint density at radius 2 is 1.63 bits per heavy atom. The maximum atomic E-state index is 14.5. The molecule has 30 heavy (non-hydrogen) atoms. The summed E-state index contributed by atoms with van der Waals surface area (Å²) in [5.74, 6) is -6.52. The van der Waals surface area contributed by atoms with Crippen LogP contribution in [0.3, 0.4) is 0 Å². The Bertz CT molecular complexity index is 978. The van der Waals surface area contributed by atoms with Gasteiger partial charge >= 0.3 is 22.1 Å². The number of benzene rings is 1. The zero-order chi connectivity index (χ0) is 23.2. The van der Waals surface area contributed by atoms with Crippen LogP contribution in [0.25, 0.3) is 0 Å². The van der Waals surface area contributed by atoms with E-state index in [4.69, 9.17) is 4.74 Å². The summed E-state index contributed by atoms with van der Waals surface area (Å²) in [6.07, 6.45) is -0.416. The number of nitrogens with zero attached hydrogens (tertiary/aromatic N) is 2. The van der Waals surface area contributed by atoms with Crippen molar-refractivity contribution in [2.24, 2.45) is 0 Å². The minimum absolute atomic E-state index is 0.143. The number of aromatic nitrogens is 2. The number of hydrogen-bond acceptors (Lipinski definition) is 5. The van der Waals surface area contributed by atoms with Crippen molar-refractivity contribution in [2.75, 3.05) is 0 Å². The predicted octanol–water partition coefficient (Wildman–Crippen LogP) is 6.31. The molecule has 1 aromatic heterocycles. The van der Waals surface area contributed by atoms with Gasteiger partial charge in [0, 0.05) is 11.1 Å². The Morgan fingerprint density at radius 3 is 2.10 bits per heavy atom. The summed E-state index contributed by atoms with van der Waals surface area (Å²) in [7, 11) is -10.00. The second-order valence-corrected chi connectivity index (χ2v) is 9.77. The van der Waals surface area contributed by atoms with Crippen LogP contribution in [-0.4, -0.2) is 21.7 Å². The first-order valence-electron chi connectivity index (χ1n) is 8.16. The molecule has 0 aliphatic heterocycles. The molecule has 0 aliphatic rings. The fourth-order valence-electron chi connectivity index (χ4n) is 2.11. The van der Waals surface area contributed by atoms with Crippen LogP contribution in [0.4, 0.5) is 28.2 Å². The first kappa shape index (κ1) is 23.7. The molecule has 0 unspecified atom stereocenters. The zero-order valence-corrected chi connectivity index (χ0v) is 16.7. The highest BCUT2D eigenvalue weighted by Crippen LogP contribution is 3.02. The van der Waals surface area contributed by atoms with E-state index in [0.717, 1.165) is 0 Å². The molecule has 2 aromatic rings. The molecule has 0 atom stereocenters. The SMILES string of the molecule is C=C(Cc1nc(C(F)(F)c2ccc(S(F)(F)(F)(F)F)cc2)no1)C(=O)OC(C)(C)C. The summed E-state index contributed by atoms with van der Waals surface area (Å²) in [5, 5.41) is 3.06. The van der Waals surface area contributed by atoms with Crippen molar-refractivity contribution in [2.45, 2.75) is 43.6 Å². The van der Waals surface area contributed by atoms with Gasteiger partial charge < -0.3 is 9.26 Å². The molecule has 1 aromatic carbocycles. The average molecular weight is 462 g/mol. The molecule has 1 heterocycles. The van der Waals surface area contributed by atoms with Crippen LogP contribution >= 0.6 is 10.2 Å². The zero-order valence-electron chi connectivity index (χ0n) is 15.9. The van der Waals surface area contributed by atoms with Gasteiger partial charge in [0.15, 0.2) is 0 Å². The second-order valence-electron chi connectivity index (χ2n) is 7.36. The van der Waals surface area contributed by atoms with E-state index >= 15 is 0 Å². The van der Waals surface area contributed by atoms with Gasteiger partial charge in [-0.05, 0) is 32.9 Å². The van der Waals surface area contributed by atoms with Crippen molar-refractivity contribution in [3.63, 3.8) is 0 Å². The van der Waals surface area contributed by atoms with Crippen LogP contribution < -0.4 is 0 Å². The van der Waals surface area contributed by atoms with Crippen molar-refractivity contribution < 1.29 is 42.3 Å². The molecular weight excluding hydrogens is 445 g/mol. The van der Waals surface area contributed by atoms with Crippen molar-refractivity contribution in [3.8, 4) is 0 Å². The molecule has 0 fully saturated rings. The minimum Gasteiger partial charge on any atom is -0.457 e. The second kappa shape index (κ2) is 6.46. The van der Waals surface area contributed by atoms with Crippen molar-refractivity contribution >= 4 is 16.2 Å². The third kappa shape index (κ3) is 5.74. The van der Waals surface area contributed by atoms with E-state index in [2.05, 4.69) is 21.2 Å². The third-order valence-electron chi connectivity index (χ3n) is 3.46. The predicted molar refractivity (Wildman–Crippen MR) is 93.8 cm³/mol. The smallest absolute Gasteiger partial charge is 0.335 e. The Labute approximate surface area is 166 Å². The van der Waals surface area contributed by atoms with Crippen LogP contribution in [0.1, 0.15) is 38.0 Å². The molecule has 0 saturated carbocycles. The van der Waals surface area contributed by atoms with Crippen LogP contribution in [-0.2, 0) is 21.9 Å². The lowest BCUT2D eigenvalue weighted by Gasteiger charge is -2.40. The largest absolute Gasteiger partial charge is 0.457 e. The highest BCUT2D eigenvalue weighted by Gasteiger charge is 2.65. The van der Waals surface area contributed by atoms with Gasteiger partial charge in [0.05, 0.1) is 6.42 Å². The highest BCUT2D eigenvalue weighted by molar-refractivity contribution is 8.45. The Balaban J connectivity index is 2.22. The number of alkyl halides is 2. The maximum Gasteiger partial charge on any atom is 0.335 e. The molecule has 13 heteroatoms. The molecule has 168 valence electrons. The maximum absolute atomic E-state index is 14.5. The van der Waals surface area contributed by atoms with E-state index in [-0.39, 0.29) is 29.8 Å². The molecule has 5 nitrogen and oxygen atoms in total. The number of carbonyl (C=O) groups excluding carboxylic acids is 1. The lowest BCUT2D eigenvalue weighted by atomic mass is 10.1. The summed E-state index contributed by atoms with van der Waals surface area (Å²) in [6.45, 7) is 8.25. The van der Waals surface area contributed by atoms with Crippen LogP contribution in [0.2, 0.25) is 0 Å². The summed E-state index contributed by atoms with van der Waals surface area (Å²) in [4.78, 5) is 13.0. The van der Waals surface area contributed by atoms with Crippen molar-refractivity contribution in [1.82, 2.24) is 10.1 Å². The molecule has 2 rings (SSSR count). The van der Waals surface area contributed by atoms with Crippen LogP contribution in [0.5, 0.6) is 0 Å². The summed E-state index contributed by atoms with van der Waals surface area (Å²) in [5.41, 5.74) is -2.05. The molecule has 0 spiro atoms. The lowest BCUT2D eigenvalue weighted by molar-refractivity contribution is -0.150. The van der Waals surface area contributed by atoms with E-state index in [1.807, 2.05) is 0 Å². The Morgan fingerprint density at radius 1 is 1.10 bits per heavy atom. The molecule has 0 aliphatic carbocycles. The Kier molecular flexibility index (Phi) is 5.11. The molecule has 0 radical (unpaired) electrons. The normalized spacial score (nSPS) is 15.3. The number of hydrogen-bond donors (Lipinski definition) is 0. The number of carbonyl (C=O) groups is 1. The minimum atomic E-state index is -10.00. The van der Waals surface area contributed by atoms with Gasteiger partial charge in [-0.15, -0.1) is 0 Å². The van der Waals surface area contributed by atoms with Gasteiger partial charge in [-0.3, -0.25) is 0 Å². The Hall–Kier alpha value is -2.57. The molecular formula is C17H17F7N2O3S. The molecule has 0 bridgehead atoms. The van der Waals surface area contributed by atoms with Crippen LogP contribution in [0.15, 0.2) is 45.8 Å². The van der Waals surface area contributed by atoms with E-state index in [1.54, 1.807) is 20.8 Å². The molecule has 0 saturated heterocycles. The van der Waals surface area contributed by atoms with Gasteiger partial charge in [0.1, 0.15) is 10.5 Å². The van der Waals surface area contributed by atoms with Gasteiger partial charge in [0.2, 0.25) is 11.7 Å². The number of ether oxygens (including phenoxy) is 1. The quantitative estimate of drug-likeness (QED) is 0.286. The van der Waals surface area contributed by atoms with Gasteiger partial charge in [-0.25, -0.2) is 4.79 Å². The van der Waals surface area contributed by atoms with Crippen molar-refractivity contribution in [1.29, 1.82) is 0 Å². The molecule has 0 amide bonds. The highest BCUT2D eigenvalue weighted by atomic mass is 32.5. The molecule has 0 N–H and O–H groups in total. The van der Waals surface area contributed by atoms with Gasteiger partial charge in [0.25, 0.3) is 0 Å². The topological polar surface area (TPSA) is 65.2 Å². The first-order chi connectivity index (χ1) is 13.2. The van der Waals surface area contributed by atoms with Gasteiger partial charge in [-0.1, -0.05) is 43.3 Å². The monoisotopic (exact) mass is 462 g/mol. The van der Waals surface area contributed by atoms with Crippen LogP contribution in [0, 0.1) is 0 Å². The number of halogens is 7.